The number of sulfone groups is 1. The van der Waals surface area contributed by atoms with Crippen LogP contribution in [0.5, 0.6) is 0 Å². The minimum absolute atomic E-state index is 0.0127. The molecule has 0 aromatic heterocycles. The number of anilines is 1. The summed E-state index contributed by atoms with van der Waals surface area (Å²) in [5, 5.41) is 9.80. The Kier molecular flexibility index (Phi) is 6.72. The molecule has 1 unspecified atom stereocenters. The molecule has 0 radical (unpaired) electrons. The Balaban J connectivity index is 1.71. The van der Waals surface area contributed by atoms with E-state index in [1.807, 2.05) is 0 Å². The van der Waals surface area contributed by atoms with Crippen molar-refractivity contribution in [3.63, 3.8) is 0 Å². The van der Waals surface area contributed by atoms with Crippen molar-refractivity contribution < 1.29 is 31.5 Å². The van der Waals surface area contributed by atoms with Gasteiger partial charge in [-0.05, 0) is 68.0 Å². The zero-order valence-electron chi connectivity index (χ0n) is 17.9. The predicted molar refractivity (Wildman–Crippen MR) is 115 cm³/mol. The maximum absolute atomic E-state index is 13.0. The first-order valence-corrected chi connectivity index (χ1v) is 12.0. The van der Waals surface area contributed by atoms with E-state index < -0.39 is 21.6 Å². The van der Waals surface area contributed by atoms with E-state index >= 15 is 0 Å². The van der Waals surface area contributed by atoms with Crippen LogP contribution in [0.15, 0.2) is 53.4 Å². The van der Waals surface area contributed by atoms with Crippen LogP contribution >= 0.6 is 0 Å². The van der Waals surface area contributed by atoms with Crippen LogP contribution in [0.2, 0.25) is 0 Å². The molecule has 2 aromatic carbocycles. The van der Waals surface area contributed by atoms with Crippen LogP contribution in [0, 0.1) is 5.92 Å². The first-order valence-electron chi connectivity index (χ1n) is 10.4. The monoisotopic (exact) mass is 469 g/mol. The zero-order chi connectivity index (χ0) is 23.7. The Morgan fingerprint density at radius 3 is 2.09 bits per heavy atom. The topological polar surface area (TPSA) is 74.7 Å². The number of benzene rings is 2. The number of hydrogen-bond acceptors (Lipinski definition) is 4. The summed E-state index contributed by atoms with van der Waals surface area (Å²) < 4.78 is 63.8. The van der Waals surface area contributed by atoms with Crippen LogP contribution in [0.3, 0.4) is 0 Å². The van der Waals surface area contributed by atoms with E-state index in [1.165, 1.54) is 29.2 Å². The molecule has 1 saturated carbocycles. The molecule has 9 heteroatoms. The number of nitrogens with zero attached hydrogens (tertiary/aromatic N) is 1. The van der Waals surface area contributed by atoms with Crippen molar-refractivity contribution in [3.05, 3.63) is 59.7 Å². The summed E-state index contributed by atoms with van der Waals surface area (Å²) in [5.41, 5.74) is -2.27. The highest BCUT2D eigenvalue weighted by atomic mass is 32.2. The van der Waals surface area contributed by atoms with E-state index in [9.17, 15) is 31.5 Å². The third-order valence-corrected chi connectivity index (χ3v) is 7.60. The van der Waals surface area contributed by atoms with Crippen molar-refractivity contribution in [2.45, 2.75) is 49.8 Å². The first-order chi connectivity index (χ1) is 14.8. The lowest BCUT2D eigenvalue weighted by Gasteiger charge is -2.27. The van der Waals surface area contributed by atoms with Crippen LogP contribution in [0.25, 0.3) is 0 Å². The Morgan fingerprint density at radius 1 is 1.06 bits per heavy atom. The molecule has 1 aliphatic rings. The molecule has 0 heterocycles. The van der Waals surface area contributed by atoms with E-state index in [0.29, 0.717) is 24.7 Å². The highest BCUT2D eigenvalue weighted by Crippen LogP contribution is 2.39. The van der Waals surface area contributed by atoms with Gasteiger partial charge in [-0.1, -0.05) is 24.3 Å². The highest BCUT2D eigenvalue weighted by molar-refractivity contribution is 7.91. The molecule has 2 aromatic rings. The second-order valence-corrected chi connectivity index (χ2v) is 10.3. The Morgan fingerprint density at radius 2 is 1.62 bits per heavy atom. The first kappa shape index (κ1) is 24.3. The summed E-state index contributed by atoms with van der Waals surface area (Å²) in [6.45, 7) is 2.71. The number of carbonyl (C=O) groups is 1. The molecular weight excluding hydrogens is 443 g/mol. The minimum atomic E-state index is -4.83. The normalized spacial score (nSPS) is 16.4. The van der Waals surface area contributed by atoms with Gasteiger partial charge < -0.3 is 10.0 Å². The third-order valence-electron chi connectivity index (χ3n) is 5.70. The van der Waals surface area contributed by atoms with Gasteiger partial charge in [-0.15, -0.1) is 0 Å². The van der Waals surface area contributed by atoms with Crippen LogP contribution < -0.4 is 4.90 Å². The minimum Gasteiger partial charge on any atom is -0.376 e. The SMILES string of the molecule is CCN(C(=O)Cc1ccc(S(=O)(=O)CC2CC2)cc1)c1ccc(C(C)(O)C(F)(F)F)cc1. The zero-order valence-corrected chi connectivity index (χ0v) is 18.7. The summed E-state index contributed by atoms with van der Waals surface area (Å²) >= 11 is 0. The predicted octanol–water partition coefficient (Wildman–Crippen LogP) is 4.24. The highest BCUT2D eigenvalue weighted by Gasteiger charge is 2.51. The Hall–Kier alpha value is -2.39. The molecule has 0 bridgehead atoms. The molecule has 0 spiro atoms. The molecule has 1 atom stereocenters. The Bertz CT molecular complexity index is 1060. The van der Waals surface area contributed by atoms with Crippen molar-refractivity contribution in [3.8, 4) is 0 Å². The molecule has 5 nitrogen and oxygen atoms in total. The van der Waals surface area contributed by atoms with Gasteiger partial charge in [0.25, 0.3) is 0 Å². The molecular formula is C23H26F3NO4S. The van der Waals surface area contributed by atoms with Gasteiger partial charge in [0.1, 0.15) is 0 Å². The Labute approximate surface area is 185 Å². The van der Waals surface area contributed by atoms with E-state index in [2.05, 4.69) is 0 Å². The number of alkyl halides is 3. The van der Waals surface area contributed by atoms with Gasteiger partial charge >= 0.3 is 6.18 Å². The largest absolute Gasteiger partial charge is 0.421 e. The number of carbonyl (C=O) groups excluding carboxylic acids is 1. The number of hydrogen-bond donors (Lipinski definition) is 1. The fraction of sp³-hybridized carbons (Fsp3) is 0.435. The van der Waals surface area contributed by atoms with E-state index in [4.69, 9.17) is 0 Å². The van der Waals surface area contributed by atoms with Crippen LogP contribution in [-0.4, -0.2) is 37.9 Å². The van der Waals surface area contributed by atoms with Crippen LogP contribution in [0.1, 0.15) is 37.8 Å². The van der Waals surface area contributed by atoms with Crippen LogP contribution in [-0.2, 0) is 26.7 Å². The lowest BCUT2D eigenvalue weighted by atomic mass is 9.95. The molecule has 32 heavy (non-hydrogen) atoms. The van der Waals surface area contributed by atoms with Crippen molar-refractivity contribution in [2.24, 2.45) is 5.92 Å². The standard InChI is InChI=1S/C23H26F3NO4S/c1-3-27(19-10-8-18(9-11-19)22(2,29)23(24,25)26)21(28)14-16-6-12-20(13-7-16)32(30,31)15-17-4-5-17/h6-13,17,29H,3-5,14-15H2,1-2H3. The van der Waals surface area contributed by atoms with Gasteiger partial charge in [-0.25, -0.2) is 8.42 Å². The maximum Gasteiger partial charge on any atom is 0.421 e. The molecule has 0 aliphatic heterocycles. The fourth-order valence-corrected chi connectivity index (χ4v) is 5.11. The second-order valence-electron chi connectivity index (χ2n) is 8.30. The number of amides is 1. The van der Waals surface area contributed by atoms with Gasteiger partial charge in [0.05, 0.1) is 17.1 Å². The average Bonchev–Trinajstić information content (AvgIpc) is 3.52. The van der Waals surface area contributed by atoms with E-state index in [1.54, 1.807) is 19.1 Å². The molecule has 1 amide bonds. The summed E-state index contributed by atoms with van der Waals surface area (Å²) in [6, 6.07) is 11.3. The molecule has 1 N–H and O–H groups in total. The lowest BCUT2D eigenvalue weighted by molar-refractivity contribution is -0.258. The van der Waals surface area contributed by atoms with Crippen molar-refractivity contribution in [1.29, 1.82) is 0 Å². The molecule has 3 rings (SSSR count). The van der Waals surface area contributed by atoms with Crippen molar-refractivity contribution >= 4 is 21.4 Å². The molecule has 0 saturated heterocycles. The van der Waals surface area contributed by atoms with Gasteiger partial charge in [0.15, 0.2) is 15.4 Å². The summed E-state index contributed by atoms with van der Waals surface area (Å²) in [6.07, 6.45) is -2.94. The van der Waals surface area contributed by atoms with Gasteiger partial charge in [-0.2, -0.15) is 13.2 Å². The number of aliphatic hydroxyl groups is 1. The third kappa shape index (κ3) is 5.32. The van der Waals surface area contributed by atoms with Crippen molar-refractivity contribution in [1.82, 2.24) is 0 Å². The molecule has 1 fully saturated rings. The average molecular weight is 470 g/mol. The van der Waals surface area contributed by atoms with E-state index in [-0.39, 0.29) is 34.5 Å². The number of rotatable bonds is 8. The summed E-state index contributed by atoms with van der Waals surface area (Å²) in [7, 11) is -3.33. The molecule has 1 aliphatic carbocycles. The number of likely N-dealkylation sites (N-methyl/N-ethyl adjacent to an activating group) is 1. The fourth-order valence-electron chi connectivity index (χ4n) is 3.41. The number of halogens is 3. The summed E-state index contributed by atoms with van der Waals surface area (Å²) in [4.78, 5) is 14.5. The van der Waals surface area contributed by atoms with Gasteiger partial charge in [0.2, 0.25) is 5.91 Å². The molecule has 174 valence electrons. The smallest absolute Gasteiger partial charge is 0.376 e. The quantitative estimate of drug-likeness (QED) is 0.628. The summed E-state index contributed by atoms with van der Waals surface area (Å²) in [5.74, 6) is 0.105. The van der Waals surface area contributed by atoms with Gasteiger partial charge in [-0.3, -0.25) is 4.79 Å². The van der Waals surface area contributed by atoms with Crippen LogP contribution in [0.4, 0.5) is 18.9 Å². The lowest BCUT2D eigenvalue weighted by Crippen LogP contribution is -2.39. The van der Waals surface area contributed by atoms with Gasteiger partial charge in [0, 0.05) is 12.2 Å². The second kappa shape index (κ2) is 8.86. The maximum atomic E-state index is 13.0. The van der Waals surface area contributed by atoms with Crippen molar-refractivity contribution in [2.75, 3.05) is 17.2 Å². The van der Waals surface area contributed by atoms with E-state index in [0.717, 1.165) is 25.0 Å².